The van der Waals surface area contributed by atoms with Crippen molar-refractivity contribution in [2.45, 2.75) is 44.2 Å². The second-order valence-corrected chi connectivity index (χ2v) is 4.90. The first-order chi connectivity index (χ1) is 7.81. The molecule has 4 heteroatoms. The summed E-state index contributed by atoms with van der Waals surface area (Å²) < 4.78 is 0. The minimum Gasteiger partial charge on any atom is -0.355 e. The number of nitrogens with zero attached hydrogens (tertiary/aromatic N) is 1. The Morgan fingerprint density at radius 1 is 1.25 bits per heavy atom. The maximum Gasteiger partial charge on any atom is 0.237 e. The molecule has 2 heterocycles. The second kappa shape index (κ2) is 5.64. The first-order valence-electron chi connectivity index (χ1n) is 6.50. The molecule has 1 atom stereocenters. The number of nitrogens with one attached hydrogen (secondary N) is 2. The van der Waals surface area contributed by atoms with Gasteiger partial charge >= 0.3 is 0 Å². The van der Waals surface area contributed by atoms with Crippen LogP contribution in [0, 0.1) is 0 Å². The summed E-state index contributed by atoms with van der Waals surface area (Å²) in [4.78, 5) is 14.3. The van der Waals surface area contributed by atoms with E-state index < -0.39 is 0 Å². The van der Waals surface area contributed by atoms with Crippen LogP contribution >= 0.6 is 0 Å². The highest BCUT2D eigenvalue weighted by Crippen LogP contribution is 2.18. The number of carbonyl (C=O) groups excluding carboxylic acids is 1. The molecule has 1 amide bonds. The van der Waals surface area contributed by atoms with Gasteiger partial charge in [-0.25, -0.2) is 0 Å². The standard InChI is InChI=1S/C12H23N3O/c1-13-10-5-8-15(9-6-10)11-4-2-3-7-14-12(11)16/h10-11,13H,2-9H2,1H3,(H,14,16). The van der Waals surface area contributed by atoms with Gasteiger partial charge < -0.3 is 10.6 Å². The quantitative estimate of drug-likeness (QED) is 0.712. The lowest BCUT2D eigenvalue weighted by Gasteiger charge is -2.36. The first kappa shape index (κ1) is 11.9. The summed E-state index contributed by atoms with van der Waals surface area (Å²) in [5, 5.41) is 6.34. The van der Waals surface area contributed by atoms with Crippen LogP contribution in [0.1, 0.15) is 32.1 Å². The fourth-order valence-electron chi connectivity index (χ4n) is 2.77. The van der Waals surface area contributed by atoms with E-state index in [1.165, 1.54) is 19.3 Å². The molecule has 4 nitrogen and oxygen atoms in total. The van der Waals surface area contributed by atoms with Crippen molar-refractivity contribution in [2.24, 2.45) is 0 Å². The van der Waals surface area contributed by atoms with Crippen LogP contribution < -0.4 is 10.6 Å². The van der Waals surface area contributed by atoms with Crippen molar-refractivity contribution in [1.82, 2.24) is 15.5 Å². The number of piperidine rings is 1. The van der Waals surface area contributed by atoms with Gasteiger partial charge in [-0.15, -0.1) is 0 Å². The van der Waals surface area contributed by atoms with E-state index in [4.69, 9.17) is 0 Å². The van der Waals surface area contributed by atoms with Crippen molar-refractivity contribution < 1.29 is 4.79 Å². The van der Waals surface area contributed by atoms with E-state index in [0.717, 1.165) is 32.5 Å². The lowest BCUT2D eigenvalue weighted by molar-refractivity contribution is -0.126. The summed E-state index contributed by atoms with van der Waals surface area (Å²) >= 11 is 0. The van der Waals surface area contributed by atoms with Crippen LogP contribution in [0.3, 0.4) is 0 Å². The Hall–Kier alpha value is -0.610. The Labute approximate surface area is 97.8 Å². The highest BCUT2D eigenvalue weighted by Gasteiger charge is 2.29. The summed E-state index contributed by atoms with van der Waals surface area (Å²) in [5.74, 6) is 0.250. The zero-order valence-corrected chi connectivity index (χ0v) is 10.2. The monoisotopic (exact) mass is 225 g/mol. The lowest BCUT2D eigenvalue weighted by atomic mass is 10.0. The Bertz CT molecular complexity index is 236. The molecule has 0 aromatic rings. The van der Waals surface area contributed by atoms with Gasteiger partial charge in [-0.05, 0) is 39.2 Å². The van der Waals surface area contributed by atoms with Gasteiger partial charge in [0.15, 0.2) is 0 Å². The van der Waals surface area contributed by atoms with E-state index >= 15 is 0 Å². The maximum absolute atomic E-state index is 11.9. The van der Waals surface area contributed by atoms with Crippen LogP contribution in [0.15, 0.2) is 0 Å². The normalized spacial score (nSPS) is 29.8. The van der Waals surface area contributed by atoms with E-state index in [-0.39, 0.29) is 11.9 Å². The van der Waals surface area contributed by atoms with E-state index in [1.54, 1.807) is 0 Å². The number of carbonyl (C=O) groups is 1. The van der Waals surface area contributed by atoms with Gasteiger partial charge in [-0.3, -0.25) is 9.69 Å². The molecule has 2 fully saturated rings. The molecule has 0 aromatic carbocycles. The third kappa shape index (κ3) is 2.74. The lowest BCUT2D eigenvalue weighted by Crippen LogP contribution is -2.51. The van der Waals surface area contributed by atoms with Crippen molar-refractivity contribution in [2.75, 3.05) is 26.7 Å². The number of rotatable bonds is 2. The van der Waals surface area contributed by atoms with Crippen LogP contribution in [-0.4, -0.2) is 49.6 Å². The SMILES string of the molecule is CNC1CCN(C2CCCCNC2=O)CC1. The highest BCUT2D eigenvalue weighted by molar-refractivity contribution is 5.81. The van der Waals surface area contributed by atoms with Gasteiger partial charge in [-0.1, -0.05) is 0 Å². The summed E-state index contributed by atoms with van der Waals surface area (Å²) in [7, 11) is 2.03. The molecule has 92 valence electrons. The van der Waals surface area contributed by atoms with Crippen LogP contribution in [0.5, 0.6) is 0 Å². The van der Waals surface area contributed by atoms with Gasteiger partial charge in [0, 0.05) is 25.7 Å². The minimum absolute atomic E-state index is 0.139. The molecular weight excluding hydrogens is 202 g/mol. The fourth-order valence-corrected chi connectivity index (χ4v) is 2.77. The molecular formula is C12H23N3O. The summed E-state index contributed by atoms with van der Waals surface area (Å²) in [5.41, 5.74) is 0. The summed E-state index contributed by atoms with van der Waals surface area (Å²) in [6.45, 7) is 2.98. The van der Waals surface area contributed by atoms with Gasteiger partial charge in [0.1, 0.15) is 0 Å². The largest absolute Gasteiger partial charge is 0.355 e. The molecule has 0 saturated carbocycles. The number of amides is 1. The first-order valence-corrected chi connectivity index (χ1v) is 6.50. The van der Waals surface area contributed by atoms with Crippen molar-refractivity contribution >= 4 is 5.91 Å². The molecule has 1 unspecified atom stereocenters. The predicted octanol–water partition coefficient (Wildman–Crippen LogP) is 0.339. The van der Waals surface area contributed by atoms with Gasteiger partial charge in [0.05, 0.1) is 6.04 Å². The average molecular weight is 225 g/mol. The van der Waals surface area contributed by atoms with Crippen LogP contribution in [0.2, 0.25) is 0 Å². The summed E-state index contributed by atoms with van der Waals surface area (Å²) in [6, 6.07) is 0.783. The van der Waals surface area contributed by atoms with E-state index in [9.17, 15) is 4.79 Å². The zero-order valence-electron chi connectivity index (χ0n) is 10.2. The second-order valence-electron chi connectivity index (χ2n) is 4.90. The molecule has 0 spiro atoms. The van der Waals surface area contributed by atoms with Crippen molar-refractivity contribution in [3.05, 3.63) is 0 Å². The molecule has 2 aliphatic rings. The van der Waals surface area contributed by atoms with Crippen LogP contribution in [0.4, 0.5) is 0 Å². The molecule has 0 bridgehead atoms. The molecule has 2 N–H and O–H groups in total. The Balaban J connectivity index is 1.89. The Morgan fingerprint density at radius 2 is 2.00 bits per heavy atom. The Morgan fingerprint density at radius 3 is 2.69 bits per heavy atom. The molecule has 16 heavy (non-hydrogen) atoms. The predicted molar refractivity (Wildman–Crippen MR) is 64.3 cm³/mol. The smallest absolute Gasteiger partial charge is 0.237 e. The molecule has 0 aromatic heterocycles. The Kier molecular flexibility index (Phi) is 4.18. The van der Waals surface area contributed by atoms with Gasteiger partial charge in [0.2, 0.25) is 5.91 Å². The van der Waals surface area contributed by atoms with Gasteiger partial charge in [0.25, 0.3) is 0 Å². The molecule has 2 rings (SSSR count). The molecule has 0 radical (unpaired) electrons. The van der Waals surface area contributed by atoms with Crippen molar-refractivity contribution in [1.29, 1.82) is 0 Å². The maximum atomic E-state index is 11.9. The molecule has 2 saturated heterocycles. The summed E-state index contributed by atoms with van der Waals surface area (Å²) in [6.07, 6.45) is 5.68. The third-order valence-electron chi connectivity index (χ3n) is 3.88. The van der Waals surface area contributed by atoms with Gasteiger partial charge in [-0.2, -0.15) is 0 Å². The number of hydrogen-bond acceptors (Lipinski definition) is 3. The molecule has 0 aliphatic carbocycles. The average Bonchev–Trinajstić information content (AvgIpc) is 2.54. The van der Waals surface area contributed by atoms with E-state index in [2.05, 4.69) is 15.5 Å². The third-order valence-corrected chi connectivity index (χ3v) is 3.88. The van der Waals surface area contributed by atoms with E-state index in [1.807, 2.05) is 7.05 Å². The van der Waals surface area contributed by atoms with E-state index in [0.29, 0.717) is 6.04 Å². The number of likely N-dealkylation sites (tertiary alicyclic amines) is 1. The van der Waals surface area contributed by atoms with Crippen molar-refractivity contribution in [3.63, 3.8) is 0 Å². The zero-order chi connectivity index (χ0) is 11.4. The van der Waals surface area contributed by atoms with Crippen LogP contribution in [-0.2, 0) is 4.79 Å². The van der Waals surface area contributed by atoms with Crippen molar-refractivity contribution in [3.8, 4) is 0 Å². The topological polar surface area (TPSA) is 44.4 Å². The van der Waals surface area contributed by atoms with Crippen LogP contribution in [0.25, 0.3) is 0 Å². The highest BCUT2D eigenvalue weighted by atomic mass is 16.2. The molecule has 2 aliphatic heterocycles. The number of hydrogen-bond donors (Lipinski definition) is 2. The fraction of sp³-hybridized carbons (Fsp3) is 0.917. The minimum atomic E-state index is 0.139.